The van der Waals surface area contributed by atoms with Crippen molar-refractivity contribution in [3.63, 3.8) is 0 Å². The average molecular weight is 400 g/mol. The molecule has 1 aliphatic heterocycles. The van der Waals surface area contributed by atoms with E-state index in [1.165, 1.54) is 0 Å². The Kier molecular flexibility index (Phi) is 5.90. The maximum absolute atomic E-state index is 12.4. The normalized spacial score (nSPS) is 12.9. The van der Waals surface area contributed by atoms with Gasteiger partial charge in [-0.2, -0.15) is 0 Å². The number of ether oxygens (including phenoxy) is 1. The SMILES string of the molecule is Cc1ccc2c(c1)C(=O)N(CCCC(=O)OCC(=O)c1ccc(Cl)cc1)C2=O. The Labute approximate surface area is 167 Å². The number of ketones is 1. The van der Waals surface area contributed by atoms with Crippen LogP contribution in [0.3, 0.4) is 0 Å². The van der Waals surface area contributed by atoms with Crippen LogP contribution in [-0.4, -0.2) is 41.6 Å². The maximum atomic E-state index is 12.4. The molecule has 0 aromatic heterocycles. The Morgan fingerprint density at radius 1 is 1.00 bits per heavy atom. The van der Waals surface area contributed by atoms with Crippen molar-refractivity contribution in [2.45, 2.75) is 19.8 Å². The molecule has 0 bridgehead atoms. The van der Waals surface area contributed by atoms with Crippen molar-refractivity contribution in [1.82, 2.24) is 4.90 Å². The number of rotatable bonds is 7. The fourth-order valence-electron chi connectivity index (χ4n) is 2.93. The van der Waals surface area contributed by atoms with E-state index >= 15 is 0 Å². The monoisotopic (exact) mass is 399 g/mol. The summed E-state index contributed by atoms with van der Waals surface area (Å²) in [4.78, 5) is 49.6. The molecule has 0 spiro atoms. The van der Waals surface area contributed by atoms with Crippen molar-refractivity contribution in [3.05, 3.63) is 69.7 Å². The highest BCUT2D eigenvalue weighted by Crippen LogP contribution is 2.24. The second-order valence-corrected chi connectivity index (χ2v) is 6.94. The van der Waals surface area contributed by atoms with Gasteiger partial charge in [-0.15, -0.1) is 0 Å². The first kappa shape index (κ1) is 19.8. The molecule has 2 aromatic rings. The molecule has 0 radical (unpaired) electrons. The van der Waals surface area contributed by atoms with Crippen molar-refractivity contribution in [1.29, 1.82) is 0 Å². The summed E-state index contributed by atoms with van der Waals surface area (Å²) in [7, 11) is 0. The van der Waals surface area contributed by atoms with Gasteiger partial charge in [-0.05, 0) is 49.7 Å². The molecule has 1 aliphatic rings. The van der Waals surface area contributed by atoms with E-state index in [2.05, 4.69) is 0 Å². The van der Waals surface area contributed by atoms with Gasteiger partial charge in [-0.25, -0.2) is 0 Å². The third-order valence-electron chi connectivity index (χ3n) is 4.42. The summed E-state index contributed by atoms with van der Waals surface area (Å²) in [5.41, 5.74) is 2.07. The number of fused-ring (bicyclic) bond motifs is 1. The van der Waals surface area contributed by atoms with E-state index in [-0.39, 0.29) is 43.6 Å². The summed E-state index contributed by atoms with van der Waals surface area (Å²) in [6, 6.07) is 11.4. The molecule has 2 aromatic carbocycles. The zero-order chi connectivity index (χ0) is 20.3. The first-order valence-corrected chi connectivity index (χ1v) is 9.16. The second-order valence-electron chi connectivity index (χ2n) is 6.51. The molecule has 7 heteroatoms. The van der Waals surface area contributed by atoms with Crippen LogP contribution in [-0.2, 0) is 9.53 Å². The van der Waals surface area contributed by atoms with Gasteiger partial charge >= 0.3 is 5.97 Å². The van der Waals surface area contributed by atoms with E-state index < -0.39 is 5.97 Å². The number of imide groups is 1. The summed E-state index contributed by atoms with van der Waals surface area (Å²) in [5, 5.41) is 0.511. The number of nitrogens with zero attached hydrogens (tertiary/aromatic N) is 1. The lowest BCUT2D eigenvalue weighted by atomic mass is 10.1. The third kappa shape index (κ3) is 4.28. The van der Waals surface area contributed by atoms with Crippen LogP contribution in [0.4, 0.5) is 0 Å². The van der Waals surface area contributed by atoms with Gasteiger partial charge < -0.3 is 4.74 Å². The van der Waals surface area contributed by atoms with Crippen LogP contribution in [0.2, 0.25) is 5.02 Å². The van der Waals surface area contributed by atoms with E-state index in [0.717, 1.165) is 10.5 Å². The second kappa shape index (κ2) is 8.35. The zero-order valence-electron chi connectivity index (χ0n) is 15.2. The molecule has 3 rings (SSSR count). The van der Waals surface area contributed by atoms with Gasteiger partial charge in [0, 0.05) is 23.6 Å². The van der Waals surface area contributed by atoms with Crippen LogP contribution in [0, 0.1) is 6.92 Å². The fourth-order valence-corrected chi connectivity index (χ4v) is 3.05. The van der Waals surface area contributed by atoms with Crippen LogP contribution in [0.25, 0.3) is 0 Å². The first-order valence-electron chi connectivity index (χ1n) is 8.78. The van der Waals surface area contributed by atoms with E-state index in [1.54, 1.807) is 42.5 Å². The Hall–Kier alpha value is -2.99. The lowest BCUT2D eigenvalue weighted by Gasteiger charge is -2.13. The molecule has 0 atom stereocenters. The zero-order valence-corrected chi connectivity index (χ0v) is 16.0. The van der Waals surface area contributed by atoms with Crippen molar-refractivity contribution < 1.29 is 23.9 Å². The molecule has 0 N–H and O–H groups in total. The van der Waals surface area contributed by atoms with E-state index in [4.69, 9.17) is 16.3 Å². The molecule has 0 unspecified atom stereocenters. The number of hydrogen-bond donors (Lipinski definition) is 0. The lowest BCUT2D eigenvalue weighted by Crippen LogP contribution is -2.31. The molecule has 0 saturated carbocycles. The molecule has 1 heterocycles. The summed E-state index contributed by atoms with van der Waals surface area (Å²) in [6.07, 6.45) is 0.263. The molecule has 0 aliphatic carbocycles. The van der Waals surface area contributed by atoms with Crippen LogP contribution in [0.1, 0.15) is 49.5 Å². The number of carbonyl (C=O) groups is 4. The summed E-state index contributed by atoms with van der Waals surface area (Å²) in [5.74, 6) is -1.60. The van der Waals surface area contributed by atoms with E-state index in [0.29, 0.717) is 21.7 Å². The number of hydrogen-bond acceptors (Lipinski definition) is 5. The predicted molar refractivity (Wildman–Crippen MR) is 103 cm³/mol. The molecule has 28 heavy (non-hydrogen) atoms. The molecule has 144 valence electrons. The Balaban J connectivity index is 1.46. The number of aryl methyl sites for hydroxylation is 1. The van der Waals surface area contributed by atoms with Gasteiger partial charge in [0.05, 0.1) is 11.1 Å². The highest BCUT2D eigenvalue weighted by molar-refractivity contribution is 6.30. The highest BCUT2D eigenvalue weighted by atomic mass is 35.5. The Morgan fingerprint density at radius 3 is 2.39 bits per heavy atom. The number of Topliss-reactive ketones (excluding diaryl/α,β-unsaturated/α-hetero) is 1. The molecule has 0 saturated heterocycles. The molecule has 0 fully saturated rings. The van der Waals surface area contributed by atoms with Crippen molar-refractivity contribution in [3.8, 4) is 0 Å². The minimum Gasteiger partial charge on any atom is -0.457 e. The maximum Gasteiger partial charge on any atom is 0.306 e. The third-order valence-corrected chi connectivity index (χ3v) is 4.67. The predicted octanol–water partition coefficient (Wildman–Crippen LogP) is 3.45. The number of carbonyl (C=O) groups excluding carboxylic acids is 4. The topological polar surface area (TPSA) is 80.8 Å². The minimum absolute atomic E-state index is 0.000328. The van der Waals surface area contributed by atoms with Crippen LogP contribution in [0.5, 0.6) is 0 Å². The molecule has 6 nitrogen and oxygen atoms in total. The van der Waals surface area contributed by atoms with Crippen LogP contribution >= 0.6 is 11.6 Å². The van der Waals surface area contributed by atoms with E-state index in [1.807, 2.05) is 6.92 Å². The van der Waals surface area contributed by atoms with E-state index in [9.17, 15) is 19.2 Å². The number of esters is 1. The highest BCUT2D eigenvalue weighted by Gasteiger charge is 2.35. The minimum atomic E-state index is -0.560. The van der Waals surface area contributed by atoms with Gasteiger partial charge in [0.1, 0.15) is 0 Å². The van der Waals surface area contributed by atoms with Crippen LogP contribution in [0.15, 0.2) is 42.5 Å². The van der Waals surface area contributed by atoms with Crippen molar-refractivity contribution in [2.24, 2.45) is 0 Å². The molecular weight excluding hydrogens is 382 g/mol. The van der Waals surface area contributed by atoms with Gasteiger partial charge in [0.15, 0.2) is 12.4 Å². The first-order chi connectivity index (χ1) is 13.4. The molecular formula is C21H18ClNO5. The Morgan fingerprint density at radius 2 is 1.68 bits per heavy atom. The van der Waals surface area contributed by atoms with Gasteiger partial charge in [0.2, 0.25) is 0 Å². The fraction of sp³-hybridized carbons (Fsp3) is 0.238. The summed E-state index contributed by atoms with van der Waals surface area (Å²) < 4.78 is 4.97. The number of halogens is 1. The van der Waals surface area contributed by atoms with Gasteiger partial charge in [-0.1, -0.05) is 23.2 Å². The summed E-state index contributed by atoms with van der Waals surface area (Å²) in [6.45, 7) is 1.60. The van der Waals surface area contributed by atoms with Crippen LogP contribution < -0.4 is 0 Å². The lowest BCUT2D eigenvalue weighted by molar-refractivity contribution is -0.142. The quantitative estimate of drug-likeness (QED) is 0.404. The molecule has 2 amide bonds. The average Bonchev–Trinajstić information content (AvgIpc) is 2.91. The van der Waals surface area contributed by atoms with Crippen molar-refractivity contribution in [2.75, 3.05) is 13.2 Å². The summed E-state index contributed by atoms with van der Waals surface area (Å²) >= 11 is 5.76. The Bertz CT molecular complexity index is 952. The number of benzene rings is 2. The van der Waals surface area contributed by atoms with Gasteiger partial charge in [-0.3, -0.25) is 24.1 Å². The smallest absolute Gasteiger partial charge is 0.306 e. The number of amides is 2. The standard InChI is InChI=1S/C21H18ClNO5/c1-13-4-9-16-17(11-13)21(27)23(20(16)26)10-2-3-19(25)28-12-18(24)14-5-7-15(22)8-6-14/h4-9,11H,2-3,10,12H2,1H3. The largest absolute Gasteiger partial charge is 0.457 e. The van der Waals surface area contributed by atoms with Gasteiger partial charge in [0.25, 0.3) is 11.8 Å². The van der Waals surface area contributed by atoms with Crippen molar-refractivity contribution >= 4 is 35.2 Å².